The van der Waals surface area contributed by atoms with Crippen molar-refractivity contribution < 1.29 is 13.6 Å². The van der Waals surface area contributed by atoms with E-state index in [1.165, 1.54) is 6.07 Å². The van der Waals surface area contributed by atoms with Crippen LogP contribution in [0.15, 0.2) is 36.4 Å². The Morgan fingerprint density at radius 3 is 2.54 bits per heavy atom. The predicted octanol–water partition coefficient (Wildman–Crippen LogP) is 4.69. The number of amides is 2. The minimum Gasteiger partial charge on any atom is -0.380 e. The van der Waals surface area contributed by atoms with Crippen LogP contribution in [0.2, 0.25) is 0 Å². The van der Waals surface area contributed by atoms with Gasteiger partial charge in [0.2, 0.25) is 0 Å². The molecule has 0 saturated carbocycles. The zero-order chi connectivity index (χ0) is 18.7. The normalized spacial score (nSPS) is 17.1. The van der Waals surface area contributed by atoms with Gasteiger partial charge in [0.05, 0.1) is 0 Å². The highest BCUT2D eigenvalue weighted by Crippen LogP contribution is 2.22. The van der Waals surface area contributed by atoms with Crippen molar-refractivity contribution in [3.05, 3.63) is 59.2 Å². The first-order valence-corrected chi connectivity index (χ1v) is 8.78. The number of hydrogen-bond donors (Lipinski definition) is 2. The van der Waals surface area contributed by atoms with Crippen molar-refractivity contribution in [3.8, 4) is 0 Å². The summed E-state index contributed by atoms with van der Waals surface area (Å²) >= 11 is 0. The Kier molecular flexibility index (Phi) is 5.40. The minimum atomic E-state index is -0.879. The molecule has 2 N–H and O–H groups in total. The molecule has 1 heterocycles. The molecule has 1 aliphatic rings. The third-order valence-electron chi connectivity index (χ3n) is 4.71. The molecule has 2 aromatic rings. The summed E-state index contributed by atoms with van der Waals surface area (Å²) in [5, 5.41) is 6.19. The van der Waals surface area contributed by atoms with Gasteiger partial charge in [0.1, 0.15) is 0 Å². The lowest BCUT2D eigenvalue weighted by atomic mass is 10.1. The molecule has 6 heteroatoms. The molecule has 1 saturated heterocycles. The molecule has 0 aliphatic carbocycles. The highest BCUT2D eigenvalue weighted by molar-refractivity contribution is 5.91. The van der Waals surface area contributed by atoms with Gasteiger partial charge < -0.3 is 15.5 Å². The molecule has 0 unspecified atom stereocenters. The maximum absolute atomic E-state index is 13.4. The summed E-state index contributed by atoms with van der Waals surface area (Å²) in [7, 11) is 0. The molecule has 138 valence electrons. The molecule has 1 atom stereocenters. The van der Waals surface area contributed by atoms with Crippen LogP contribution in [0, 0.1) is 25.5 Å². The average Bonchev–Trinajstić information content (AvgIpc) is 2.61. The van der Waals surface area contributed by atoms with Gasteiger partial charge in [-0.15, -0.1) is 0 Å². The van der Waals surface area contributed by atoms with E-state index in [-0.39, 0.29) is 12.1 Å². The lowest BCUT2D eigenvalue weighted by molar-refractivity contribution is 0.196. The van der Waals surface area contributed by atoms with Gasteiger partial charge in [-0.05, 0) is 49.9 Å². The second-order valence-corrected chi connectivity index (χ2v) is 6.76. The lowest BCUT2D eigenvalue weighted by Gasteiger charge is -2.34. The van der Waals surface area contributed by atoms with Crippen molar-refractivity contribution in [1.82, 2.24) is 4.90 Å². The van der Waals surface area contributed by atoms with Gasteiger partial charge >= 0.3 is 6.03 Å². The number of likely N-dealkylation sites (tertiary alicyclic amines) is 1. The molecule has 0 spiro atoms. The van der Waals surface area contributed by atoms with Crippen molar-refractivity contribution >= 4 is 17.4 Å². The Morgan fingerprint density at radius 1 is 1.12 bits per heavy atom. The second kappa shape index (κ2) is 7.72. The van der Waals surface area contributed by atoms with E-state index in [0.717, 1.165) is 41.8 Å². The van der Waals surface area contributed by atoms with Gasteiger partial charge in [0.25, 0.3) is 0 Å². The summed E-state index contributed by atoms with van der Waals surface area (Å²) in [4.78, 5) is 14.4. The molecule has 3 rings (SSSR count). The Hall–Kier alpha value is -2.63. The van der Waals surface area contributed by atoms with Crippen molar-refractivity contribution in [3.63, 3.8) is 0 Å². The number of carbonyl (C=O) groups is 1. The number of nitrogens with one attached hydrogen (secondary N) is 2. The standard InChI is InChI=1S/C20H23F2N3O/c1-13-5-3-6-14(2)19(13)24-20(26)25-10-4-7-16(12-25)23-15-8-9-17(21)18(22)11-15/h3,5-6,8-9,11,16,23H,4,7,10,12H2,1-2H3,(H,24,26)/t16-/m0/s1. The van der Waals surface area contributed by atoms with Gasteiger partial charge in [0.15, 0.2) is 11.6 Å². The van der Waals surface area contributed by atoms with Crippen LogP contribution in [-0.2, 0) is 0 Å². The van der Waals surface area contributed by atoms with E-state index in [4.69, 9.17) is 0 Å². The van der Waals surface area contributed by atoms with Crippen LogP contribution < -0.4 is 10.6 Å². The van der Waals surface area contributed by atoms with Gasteiger partial charge in [0, 0.05) is 36.6 Å². The van der Waals surface area contributed by atoms with Crippen molar-refractivity contribution in [2.75, 3.05) is 23.7 Å². The van der Waals surface area contributed by atoms with Crippen LogP contribution in [-0.4, -0.2) is 30.1 Å². The zero-order valence-electron chi connectivity index (χ0n) is 15.0. The number of rotatable bonds is 3. The van der Waals surface area contributed by atoms with E-state index >= 15 is 0 Å². The maximum atomic E-state index is 13.4. The number of anilines is 2. The smallest absolute Gasteiger partial charge is 0.321 e. The number of halogens is 2. The zero-order valence-corrected chi connectivity index (χ0v) is 15.0. The third-order valence-corrected chi connectivity index (χ3v) is 4.71. The highest BCUT2D eigenvalue weighted by atomic mass is 19.2. The molecule has 1 aliphatic heterocycles. The fourth-order valence-corrected chi connectivity index (χ4v) is 3.30. The Labute approximate surface area is 152 Å². The lowest BCUT2D eigenvalue weighted by Crippen LogP contribution is -2.47. The number of urea groups is 1. The van der Waals surface area contributed by atoms with Gasteiger partial charge in [-0.2, -0.15) is 0 Å². The second-order valence-electron chi connectivity index (χ2n) is 6.76. The van der Waals surface area contributed by atoms with E-state index in [2.05, 4.69) is 10.6 Å². The molecule has 4 nitrogen and oxygen atoms in total. The number of carbonyl (C=O) groups excluding carboxylic acids is 1. The summed E-state index contributed by atoms with van der Waals surface area (Å²) in [6, 6.07) is 9.50. The number of benzene rings is 2. The van der Waals surface area contributed by atoms with E-state index < -0.39 is 11.6 Å². The van der Waals surface area contributed by atoms with Crippen LogP contribution in [0.3, 0.4) is 0 Å². The van der Waals surface area contributed by atoms with Crippen LogP contribution in [0.25, 0.3) is 0 Å². The quantitative estimate of drug-likeness (QED) is 0.835. The van der Waals surface area contributed by atoms with E-state index in [1.54, 1.807) is 4.90 Å². The monoisotopic (exact) mass is 359 g/mol. The Morgan fingerprint density at radius 2 is 1.85 bits per heavy atom. The van der Waals surface area contributed by atoms with Crippen molar-refractivity contribution in [2.24, 2.45) is 0 Å². The van der Waals surface area contributed by atoms with Crippen LogP contribution in [0.5, 0.6) is 0 Å². The summed E-state index contributed by atoms with van der Waals surface area (Å²) in [6.45, 7) is 5.11. The average molecular weight is 359 g/mol. The number of aryl methyl sites for hydroxylation is 2. The topological polar surface area (TPSA) is 44.4 Å². The largest absolute Gasteiger partial charge is 0.380 e. The highest BCUT2D eigenvalue weighted by Gasteiger charge is 2.24. The maximum Gasteiger partial charge on any atom is 0.321 e. The van der Waals surface area contributed by atoms with Crippen molar-refractivity contribution in [1.29, 1.82) is 0 Å². The Bertz CT molecular complexity index is 789. The molecular formula is C20H23F2N3O. The summed E-state index contributed by atoms with van der Waals surface area (Å²) in [5.74, 6) is -1.75. The molecule has 0 radical (unpaired) electrons. The first kappa shape index (κ1) is 18.2. The van der Waals surface area contributed by atoms with Crippen LogP contribution >= 0.6 is 0 Å². The van der Waals surface area contributed by atoms with Crippen LogP contribution in [0.1, 0.15) is 24.0 Å². The van der Waals surface area contributed by atoms with Gasteiger partial charge in [-0.1, -0.05) is 18.2 Å². The van der Waals surface area contributed by atoms with Crippen molar-refractivity contribution in [2.45, 2.75) is 32.7 Å². The molecule has 1 fully saturated rings. The molecule has 2 amide bonds. The fraction of sp³-hybridized carbons (Fsp3) is 0.350. The summed E-state index contributed by atoms with van der Waals surface area (Å²) in [6.07, 6.45) is 1.72. The predicted molar refractivity (Wildman–Crippen MR) is 99.5 cm³/mol. The van der Waals surface area contributed by atoms with Gasteiger partial charge in [-0.3, -0.25) is 0 Å². The molecule has 0 aromatic heterocycles. The summed E-state index contributed by atoms with van der Waals surface area (Å²) in [5.41, 5.74) is 3.40. The number of nitrogens with zero attached hydrogens (tertiary/aromatic N) is 1. The van der Waals surface area contributed by atoms with Gasteiger partial charge in [-0.25, -0.2) is 13.6 Å². The number of hydrogen-bond acceptors (Lipinski definition) is 2. The summed E-state index contributed by atoms with van der Waals surface area (Å²) < 4.78 is 26.4. The SMILES string of the molecule is Cc1cccc(C)c1NC(=O)N1CCC[C@H](Nc2ccc(F)c(F)c2)C1. The number of piperidine rings is 1. The molecule has 0 bridgehead atoms. The molecular weight excluding hydrogens is 336 g/mol. The van der Waals surface area contributed by atoms with E-state index in [1.807, 2.05) is 32.0 Å². The molecule has 26 heavy (non-hydrogen) atoms. The first-order valence-electron chi connectivity index (χ1n) is 8.78. The fourth-order valence-electron chi connectivity index (χ4n) is 3.30. The Balaban J connectivity index is 1.64. The van der Waals surface area contributed by atoms with E-state index in [0.29, 0.717) is 18.8 Å². The molecule has 2 aromatic carbocycles. The minimum absolute atomic E-state index is 0.00247. The van der Waals surface area contributed by atoms with E-state index in [9.17, 15) is 13.6 Å². The first-order chi connectivity index (χ1) is 12.4. The number of para-hydroxylation sites is 1. The van der Waals surface area contributed by atoms with Crippen LogP contribution in [0.4, 0.5) is 25.0 Å². The third kappa shape index (κ3) is 4.12.